The number of pyridine rings is 1. The molecule has 0 aliphatic heterocycles. The predicted molar refractivity (Wildman–Crippen MR) is 58.5 cm³/mol. The number of nitrogen functional groups attached to an aromatic ring is 1. The summed E-state index contributed by atoms with van der Waals surface area (Å²) < 4.78 is 4.99. The van der Waals surface area contributed by atoms with Crippen molar-refractivity contribution in [1.29, 1.82) is 0 Å². The van der Waals surface area contributed by atoms with Crippen LogP contribution in [0.2, 0.25) is 0 Å². The molecule has 1 heterocycles. The minimum atomic E-state index is 0.122. The lowest BCUT2D eigenvalue weighted by Gasteiger charge is -2.12. The lowest BCUT2D eigenvalue weighted by Crippen LogP contribution is -2.14. The molecule has 0 aliphatic carbocycles. The summed E-state index contributed by atoms with van der Waals surface area (Å²) in [6, 6.07) is 3.60. The number of ether oxygens (including phenoxy) is 1. The van der Waals surface area contributed by atoms with Crippen molar-refractivity contribution in [1.82, 2.24) is 4.98 Å². The van der Waals surface area contributed by atoms with Crippen LogP contribution in [0.3, 0.4) is 0 Å². The summed E-state index contributed by atoms with van der Waals surface area (Å²) >= 11 is 0. The van der Waals surface area contributed by atoms with E-state index in [1.807, 2.05) is 6.92 Å². The first kappa shape index (κ1) is 10.4. The number of rotatable bonds is 4. The van der Waals surface area contributed by atoms with Crippen LogP contribution >= 0.6 is 0 Å². The van der Waals surface area contributed by atoms with Crippen LogP contribution in [0.15, 0.2) is 24.8 Å². The van der Waals surface area contributed by atoms with Gasteiger partial charge in [0.1, 0.15) is 0 Å². The Kier molecular flexibility index (Phi) is 3.34. The summed E-state index contributed by atoms with van der Waals surface area (Å²) in [6.07, 6.45) is 1.78. The van der Waals surface area contributed by atoms with E-state index in [1.54, 1.807) is 25.3 Å². The molecule has 14 heavy (non-hydrogen) atoms. The molecule has 1 aromatic heterocycles. The van der Waals surface area contributed by atoms with Gasteiger partial charge in [-0.05, 0) is 13.0 Å². The van der Waals surface area contributed by atoms with Crippen LogP contribution in [0.4, 0.5) is 11.5 Å². The van der Waals surface area contributed by atoms with Crippen molar-refractivity contribution >= 4 is 11.5 Å². The smallest absolute Gasteiger partial charge is 0.215 e. The van der Waals surface area contributed by atoms with Gasteiger partial charge in [-0.2, -0.15) is 4.98 Å². The van der Waals surface area contributed by atoms with Gasteiger partial charge in [-0.25, -0.2) is 0 Å². The molecule has 4 heteroatoms. The highest BCUT2D eigenvalue weighted by Gasteiger charge is 2.04. The number of methoxy groups -OCH3 is 1. The van der Waals surface area contributed by atoms with Crippen molar-refractivity contribution < 1.29 is 4.74 Å². The van der Waals surface area contributed by atoms with E-state index in [1.165, 1.54) is 0 Å². The van der Waals surface area contributed by atoms with Crippen LogP contribution in [0.5, 0.6) is 5.88 Å². The molecule has 0 spiro atoms. The lowest BCUT2D eigenvalue weighted by molar-refractivity contribution is 0.398. The first-order chi connectivity index (χ1) is 6.67. The standard InChI is InChI=1S/C10H15N3O/c1-4-7(2)12-10-8(11)5-6-9(13-10)14-3/h4-7H,1,11H2,2-3H3,(H,12,13). The minimum absolute atomic E-state index is 0.122. The van der Waals surface area contributed by atoms with E-state index in [0.717, 1.165) is 0 Å². The summed E-state index contributed by atoms with van der Waals surface area (Å²) in [5.41, 5.74) is 6.33. The maximum atomic E-state index is 5.73. The van der Waals surface area contributed by atoms with E-state index in [-0.39, 0.29) is 6.04 Å². The first-order valence-corrected chi connectivity index (χ1v) is 4.37. The molecule has 0 aromatic carbocycles. The molecule has 0 saturated carbocycles. The zero-order valence-electron chi connectivity index (χ0n) is 8.45. The van der Waals surface area contributed by atoms with Crippen molar-refractivity contribution in [3.63, 3.8) is 0 Å². The predicted octanol–water partition coefficient (Wildman–Crippen LogP) is 1.66. The number of hydrogen-bond donors (Lipinski definition) is 2. The van der Waals surface area contributed by atoms with Gasteiger partial charge < -0.3 is 15.8 Å². The van der Waals surface area contributed by atoms with Gasteiger partial charge in [0, 0.05) is 12.1 Å². The zero-order valence-corrected chi connectivity index (χ0v) is 8.45. The highest BCUT2D eigenvalue weighted by Crippen LogP contribution is 2.20. The molecule has 0 bridgehead atoms. The van der Waals surface area contributed by atoms with Crippen molar-refractivity contribution in [2.75, 3.05) is 18.2 Å². The van der Waals surface area contributed by atoms with Crippen LogP contribution in [0, 0.1) is 0 Å². The Bertz CT molecular complexity index is 325. The third kappa shape index (κ3) is 2.39. The first-order valence-electron chi connectivity index (χ1n) is 4.37. The fourth-order valence-corrected chi connectivity index (χ4v) is 0.956. The van der Waals surface area contributed by atoms with Gasteiger partial charge in [-0.1, -0.05) is 6.08 Å². The molecular formula is C10H15N3O. The summed E-state index contributed by atoms with van der Waals surface area (Å²) in [7, 11) is 1.57. The van der Waals surface area contributed by atoms with Gasteiger partial charge >= 0.3 is 0 Å². The molecule has 0 fully saturated rings. The van der Waals surface area contributed by atoms with E-state index in [4.69, 9.17) is 10.5 Å². The summed E-state index contributed by atoms with van der Waals surface area (Å²) in [4.78, 5) is 4.17. The Labute approximate surface area is 83.8 Å². The van der Waals surface area contributed by atoms with E-state index in [2.05, 4.69) is 16.9 Å². The van der Waals surface area contributed by atoms with Gasteiger partial charge in [-0.3, -0.25) is 0 Å². The quantitative estimate of drug-likeness (QED) is 0.714. The Morgan fingerprint density at radius 2 is 2.36 bits per heavy atom. The lowest BCUT2D eigenvalue weighted by atomic mass is 10.3. The average molecular weight is 193 g/mol. The van der Waals surface area contributed by atoms with Gasteiger partial charge in [0.2, 0.25) is 5.88 Å². The summed E-state index contributed by atoms with van der Waals surface area (Å²) in [5, 5.41) is 3.10. The third-order valence-corrected chi connectivity index (χ3v) is 1.83. The Balaban J connectivity index is 2.88. The highest BCUT2D eigenvalue weighted by atomic mass is 16.5. The Hall–Kier alpha value is -1.71. The Morgan fingerprint density at radius 1 is 1.64 bits per heavy atom. The molecule has 0 radical (unpaired) electrons. The van der Waals surface area contributed by atoms with Gasteiger partial charge in [0.25, 0.3) is 0 Å². The number of nitrogens with one attached hydrogen (secondary N) is 1. The summed E-state index contributed by atoms with van der Waals surface area (Å²) in [6.45, 7) is 5.63. The van der Waals surface area contributed by atoms with E-state index >= 15 is 0 Å². The molecule has 76 valence electrons. The number of nitrogens with zero attached hydrogens (tertiary/aromatic N) is 1. The number of nitrogens with two attached hydrogens (primary N) is 1. The summed E-state index contributed by atoms with van der Waals surface area (Å²) in [5.74, 6) is 1.16. The molecule has 3 N–H and O–H groups in total. The third-order valence-electron chi connectivity index (χ3n) is 1.83. The average Bonchev–Trinajstić information content (AvgIpc) is 2.21. The van der Waals surface area contributed by atoms with Gasteiger partial charge in [-0.15, -0.1) is 6.58 Å². The van der Waals surface area contributed by atoms with E-state index in [9.17, 15) is 0 Å². The van der Waals surface area contributed by atoms with E-state index < -0.39 is 0 Å². The highest BCUT2D eigenvalue weighted by molar-refractivity contribution is 5.62. The van der Waals surface area contributed by atoms with Gasteiger partial charge in [0.15, 0.2) is 5.82 Å². The van der Waals surface area contributed by atoms with Crippen molar-refractivity contribution in [3.8, 4) is 5.88 Å². The van der Waals surface area contributed by atoms with Crippen LogP contribution < -0.4 is 15.8 Å². The van der Waals surface area contributed by atoms with Crippen LogP contribution in [-0.4, -0.2) is 18.1 Å². The largest absolute Gasteiger partial charge is 0.481 e. The second-order valence-electron chi connectivity index (χ2n) is 2.96. The van der Waals surface area contributed by atoms with Crippen molar-refractivity contribution in [3.05, 3.63) is 24.8 Å². The van der Waals surface area contributed by atoms with Crippen LogP contribution in [-0.2, 0) is 0 Å². The topological polar surface area (TPSA) is 60.2 Å². The second kappa shape index (κ2) is 4.50. The van der Waals surface area contributed by atoms with E-state index in [0.29, 0.717) is 17.4 Å². The molecule has 0 aliphatic rings. The molecule has 1 rings (SSSR count). The normalized spacial score (nSPS) is 11.9. The SMILES string of the molecule is C=CC(C)Nc1nc(OC)ccc1N. The fraction of sp³-hybridized carbons (Fsp3) is 0.300. The fourth-order valence-electron chi connectivity index (χ4n) is 0.956. The zero-order chi connectivity index (χ0) is 10.6. The monoisotopic (exact) mass is 193 g/mol. The molecule has 1 unspecified atom stereocenters. The molecule has 0 amide bonds. The second-order valence-corrected chi connectivity index (χ2v) is 2.96. The Morgan fingerprint density at radius 3 is 2.93 bits per heavy atom. The van der Waals surface area contributed by atoms with Crippen LogP contribution in [0.25, 0.3) is 0 Å². The molecule has 1 atom stereocenters. The number of aromatic nitrogens is 1. The maximum absolute atomic E-state index is 5.73. The van der Waals surface area contributed by atoms with Gasteiger partial charge in [0.05, 0.1) is 12.8 Å². The number of hydrogen-bond acceptors (Lipinski definition) is 4. The van der Waals surface area contributed by atoms with Crippen molar-refractivity contribution in [2.24, 2.45) is 0 Å². The van der Waals surface area contributed by atoms with Crippen LogP contribution in [0.1, 0.15) is 6.92 Å². The molecule has 1 aromatic rings. The maximum Gasteiger partial charge on any atom is 0.215 e. The number of anilines is 2. The van der Waals surface area contributed by atoms with Crippen molar-refractivity contribution in [2.45, 2.75) is 13.0 Å². The molecule has 4 nitrogen and oxygen atoms in total. The minimum Gasteiger partial charge on any atom is -0.481 e. The molecular weight excluding hydrogens is 178 g/mol. The molecule has 0 saturated heterocycles.